The average Bonchev–Trinajstić information content (AvgIpc) is 3.05. The second kappa shape index (κ2) is 6.58. The van der Waals surface area contributed by atoms with E-state index < -0.39 is 23.8 Å². The van der Waals surface area contributed by atoms with Crippen LogP contribution in [-0.2, 0) is 15.7 Å². The molecule has 3 heterocycles. The SMILES string of the molecule is O=C(O)[C@H]1CC[C@@H](C2CCN(c3ccc(C(F)(F)F)cn3)CC2)O1. The normalized spacial score (nSPS) is 25.9. The number of carboxylic acid groups (broad SMARTS) is 1. The van der Waals surface area contributed by atoms with Crippen molar-refractivity contribution in [3.63, 3.8) is 0 Å². The number of carboxylic acids is 1. The monoisotopic (exact) mass is 344 g/mol. The summed E-state index contributed by atoms with van der Waals surface area (Å²) < 4.78 is 43.3. The Labute approximate surface area is 137 Å². The van der Waals surface area contributed by atoms with Gasteiger partial charge in [0.1, 0.15) is 5.82 Å². The Bertz CT molecular complexity index is 583. The number of halogens is 3. The van der Waals surface area contributed by atoms with Crippen LogP contribution in [0.15, 0.2) is 18.3 Å². The molecule has 5 nitrogen and oxygen atoms in total. The first-order valence-electron chi connectivity index (χ1n) is 8.01. The second-order valence-corrected chi connectivity index (χ2v) is 6.31. The highest BCUT2D eigenvalue weighted by molar-refractivity contribution is 5.72. The van der Waals surface area contributed by atoms with Gasteiger partial charge in [0.2, 0.25) is 0 Å². The van der Waals surface area contributed by atoms with Gasteiger partial charge in [0.15, 0.2) is 6.10 Å². The van der Waals surface area contributed by atoms with Gasteiger partial charge in [-0.15, -0.1) is 0 Å². The van der Waals surface area contributed by atoms with E-state index in [1.54, 1.807) is 0 Å². The molecular weight excluding hydrogens is 325 g/mol. The van der Waals surface area contributed by atoms with Crippen molar-refractivity contribution >= 4 is 11.8 Å². The fourth-order valence-corrected chi connectivity index (χ4v) is 3.43. The minimum Gasteiger partial charge on any atom is -0.479 e. The first-order chi connectivity index (χ1) is 11.3. The number of piperidine rings is 1. The van der Waals surface area contributed by atoms with E-state index in [2.05, 4.69) is 4.98 Å². The van der Waals surface area contributed by atoms with Crippen molar-refractivity contribution in [2.75, 3.05) is 18.0 Å². The summed E-state index contributed by atoms with van der Waals surface area (Å²) in [6, 6.07) is 2.45. The van der Waals surface area contributed by atoms with Gasteiger partial charge in [0.25, 0.3) is 0 Å². The Balaban J connectivity index is 1.55. The molecule has 1 aromatic heterocycles. The highest BCUT2D eigenvalue weighted by atomic mass is 19.4. The molecule has 24 heavy (non-hydrogen) atoms. The van der Waals surface area contributed by atoms with E-state index in [1.165, 1.54) is 6.07 Å². The van der Waals surface area contributed by atoms with Gasteiger partial charge in [-0.3, -0.25) is 0 Å². The third kappa shape index (κ3) is 3.63. The molecule has 0 amide bonds. The van der Waals surface area contributed by atoms with Crippen LogP contribution in [0.4, 0.5) is 19.0 Å². The number of nitrogens with zero attached hydrogens (tertiary/aromatic N) is 2. The van der Waals surface area contributed by atoms with Crippen LogP contribution >= 0.6 is 0 Å². The molecule has 8 heteroatoms. The molecule has 0 unspecified atom stereocenters. The highest BCUT2D eigenvalue weighted by Gasteiger charge is 2.37. The minimum absolute atomic E-state index is 0.0335. The molecule has 0 aromatic carbocycles. The molecular formula is C16H19F3N2O3. The van der Waals surface area contributed by atoms with E-state index in [0.717, 1.165) is 31.5 Å². The standard InChI is InChI=1S/C16H19F3N2O3/c17-16(18,19)11-1-4-14(20-9-11)21-7-5-10(6-8-21)12-2-3-13(24-12)15(22)23/h1,4,9-10,12-13H,2-3,5-8H2,(H,22,23)/t12-,13+/m0/s1. The lowest BCUT2D eigenvalue weighted by Gasteiger charge is -2.35. The van der Waals surface area contributed by atoms with Gasteiger partial charge in [0.05, 0.1) is 11.7 Å². The first kappa shape index (κ1) is 17.0. The van der Waals surface area contributed by atoms with Crippen LogP contribution in [0.5, 0.6) is 0 Å². The first-order valence-corrected chi connectivity index (χ1v) is 8.01. The van der Waals surface area contributed by atoms with Crippen LogP contribution < -0.4 is 4.90 Å². The quantitative estimate of drug-likeness (QED) is 0.913. The second-order valence-electron chi connectivity index (χ2n) is 6.31. The molecule has 2 aliphatic rings. The largest absolute Gasteiger partial charge is 0.479 e. The van der Waals surface area contributed by atoms with E-state index >= 15 is 0 Å². The van der Waals surface area contributed by atoms with Crippen molar-refractivity contribution in [2.45, 2.75) is 44.1 Å². The molecule has 2 saturated heterocycles. The van der Waals surface area contributed by atoms with Crippen LogP contribution in [0.1, 0.15) is 31.2 Å². The summed E-state index contributed by atoms with van der Waals surface area (Å²) in [4.78, 5) is 16.8. The number of carbonyl (C=O) groups is 1. The molecule has 0 radical (unpaired) electrons. The maximum absolute atomic E-state index is 12.6. The van der Waals surface area contributed by atoms with Crippen molar-refractivity contribution < 1.29 is 27.8 Å². The van der Waals surface area contributed by atoms with Crippen molar-refractivity contribution in [2.24, 2.45) is 5.92 Å². The molecule has 2 aliphatic heterocycles. The maximum Gasteiger partial charge on any atom is 0.417 e. The number of anilines is 1. The third-order valence-corrected chi connectivity index (χ3v) is 4.79. The molecule has 1 N–H and O–H groups in total. The Kier molecular flexibility index (Phi) is 4.67. The number of aliphatic carboxylic acids is 1. The molecule has 0 saturated carbocycles. The lowest BCUT2D eigenvalue weighted by molar-refractivity contribution is -0.150. The number of alkyl halides is 3. The van der Waals surface area contributed by atoms with Crippen LogP contribution in [0.25, 0.3) is 0 Å². The highest BCUT2D eigenvalue weighted by Crippen LogP contribution is 2.34. The predicted octanol–water partition coefficient (Wildman–Crippen LogP) is 2.95. The molecule has 132 valence electrons. The van der Waals surface area contributed by atoms with Gasteiger partial charge in [-0.1, -0.05) is 0 Å². The van der Waals surface area contributed by atoms with Crippen molar-refractivity contribution in [1.29, 1.82) is 0 Å². The van der Waals surface area contributed by atoms with E-state index in [0.29, 0.717) is 31.2 Å². The zero-order valence-corrected chi connectivity index (χ0v) is 13.0. The van der Waals surface area contributed by atoms with Gasteiger partial charge >= 0.3 is 12.1 Å². The summed E-state index contributed by atoms with van der Waals surface area (Å²) in [5, 5.41) is 8.98. The molecule has 1 aromatic rings. The number of hydrogen-bond donors (Lipinski definition) is 1. The summed E-state index contributed by atoms with van der Waals surface area (Å²) in [6.07, 6.45) is -1.32. The van der Waals surface area contributed by atoms with E-state index in [4.69, 9.17) is 9.84 Å². The Morgan fingerprint density at radius 2 is 1.92 bits per heavy atom. The van der Waals surface area contributed by atoms with E-state index in [-0.39, 0.29) is 6.10 Å². The van der Waals surface area contributed by atoms with Gasteiger partial charge in [0, 0.05) is 19.3 Å². The third-order valence-electron chi connectivity index (χ3n) is 4.79. The Hall–Kier alpha value is -1.83. The van der Waals surface area contributed by atoms with Crippen LogP contribution in [0.3, 0.4) is 0 Å². The zero-order chi connectivity index (χ0) is 17.3. The molecule has 0 bridgehead atoms. The molecule has 2 fully saturated rings. The van der Waals surface area contributed by atoms with Crippen molar-refractivity contribution in [1.82, 2.24) is 4.98 Å². The molecule has 3 rings (SSSR count). The molecule has 0 aliphatic carbocycles. The summed E-state index contributed by atoms with van der Waals surface area (Å²) >= 11 is 0. The van der Waals surface area contributed by atoms with Crippen LogP contribution in [0, 0.1) is 5.92 Å². The van der Waals surface area contributed by atoms with Gasteiger partial charge in [-0.05, 0) is 43.7 Å². The fourth-order valence-electron chi connectivity index (χ4n) is 3.43. The Morgan fingerprint density at radius 1 is 1.21 bits per heavy atom. The maximum atomic E-state index is 12.6. The van der Waals surface area contributed by atoms with Crippen LogP contribution in [0.2, 0.25) is 0 Å². The van der Waals surface area contributed by atoms with Crippen molar-refractivity contribution in [3.8, 4) is 0 Å². The summed E-state index contributed by atoms with van der Waals surface area (Å²) in [7, 11) is 0. The predicted molar refractivity (Wildman–Crippen MR) is 79.7 cm³/mol. The lowest BCUT2D eigenvalue weighted by Crippen LogP contribution is -2.38. The summed E-state index contributed by atoms with van der Waals surface area (Å²) in [5.74, 6) is -0.0823. The summed E-state index contributed by atoms with van der Waals surface area (Å²) in [6.45, 7) is 1.36. The average molecular weight is 344 g/mol. The molecule has 2 atom stereocenters. The Morgan fingerprint density at radius 3 is 2.42 bits per heavy atom. The number of ether oxygens (including phenoxy) is 1. The van der Waals surface area contributed by atoms with Gasteiger partial charge in [-0.2, -0.15) is 13.2 Å². The topological polar surface area (TPSA) is 62.7 Å². The van der Waals surface area contributed by atoms with E-state index in [9.17, 15) is 18.0 Å². The zero-order valence-electron chi connectivity index (χ0n) is 13.0. The van der Waals surface area contributed by atoms with Gasteiger partial charge in [-0.25, -0.2) is 9.78 Å². The minimum atomic E-state index is -4.38. The number of hydrogen-bond acceptors (Lipinski definition) is 4. The summed E-state index contributed by atoms with van der Waals surface area (Å²) in [5.41, 5.74) is -0.750. The number of pyridine rings is 1. The lowest BCUT2D eigenvalue weighted by atomic mass is 9.90. The van der Waals surface area contributed by atoms with Crippen LogP contribution in [-0.4, -0.2) is 41.4 Å². The van der Waals surface area contributed by atoms with E-state index in [1.807, 2.05) is 4.90 Å². The fraction of sp³-hybridized carbons (Fsp3) is 0.625. The number of aromatic nitrogens is 1. The molecule has 0 spiro atoms. The number of rotatable bonds is 3. The van der Waals surface area contributed by atoms with Crippen molar-refractivity contribution in [3.05, 3.63) is 23.9 Å². The smallest absolute Gasteiger partial charge is 0.417 e. The van der Waals surface area contributed by atoms with Gasteiger partial charge < -0.3 is 14.7 Å².